The second-order valence-electron chi connectivity index (χ2n) is 4.44. The lowest BCUT2D eigenvalue weighted by molar-refractivity contribution is -0.141. The van der Waals surface area contributed by atoms with E-state index in [0.29, 0.717) is 6.54 Å². The molecule has 1 heterocycles. The molecule has 0 saturated carbocycles. The summed E-state index contributed by atoms with van der Waals surface area (Å²) in [7, 11) is 0. The summed E-state index contributed by atoms with van der Waals surface area (Å²) in [5.41, 5.74) is 0.869. The molecule has 5 heteroatoms. The summed E-state index contributed by atoms with van der Waals surface area (Å²) >= 11 is 0. The van der Waals surface area contributed by atoms with E-state index < -0.39 is 11.9 Å². The predicted molar refractivity (Wildman–Crippen MR) is 67.4 cm³/mol. The third kappa shape index (κ3) is 2.45. The Bertz CT molecular complexity index is 447. The summed E-state index contributed by atoms with van der Waals surface area (Å²) in [6.07, 6.45) is 0. The minimum Gasteiger partial charge on any atom is -0.481 e. The smallest absolute Gasteiger partial charge is 0.310 e. The van der Waals surface area contributed by atoms with Crippen LogP contribution in [0.2, 0.25) is 0 Å². The van der Waals surface area contributed by atoms with E-state index in [2.05, 4.69) is 5.32 Å². The number of hydrogen-bond donors (Lipinski definition) is 2. The summed E-state index contributed by atoms with van der Waals surface area (Å²) in [6.45, 7) is 2.30. The zero-order chi connectivity index (χ0) is 13.1. The van der Waals surface area contributed by atoms with Gasteiger partial charge in [-0.1, -0.05) is 18.2 Å². The first-order valence-corrected chi connectivity index (χ1v) is 5.92. The van der Waals surface area contributed by atoms with Crippen molar-refractivity contribution >= 4 is 17.6 Å². The van der Waals surface area contributed by atoms with Crippen molar-refractivity contribution in [2.24, 2.45) is 5.92 Å². The number of carboxylic acids is 1. The number of nitrogens with zero attached hydrogens (tertiary/aromatic N) is 1. The number of hydrogen-bond acceptors (Lipinski definition) is 3. The maximum absolute atomic E-state index is 11.8. The second kappa shape index (κ2) is 5.08. The van der Waals surface area contributed by atoms with Crippen molar-refractivity contribution in [1.82, 2.24) is 5.32 Å². The number of carboxylic acid groups (broad SMARTS) is 1. The van der Waals surface area contributed by atoms with Crippen molar-refractivity contribution in [3.63, 3.8) is 0 Å². The van der Waals surface area contributed by atoms with Gasteiger partial charge in [0.15, 0.2) is 0 Å². The first kappa shape index (κ1) is 12.4. The van der Waals surface area contributed by atoms with Crippen LogP contribution in [-0.4, -0.2) is 36.1 Å². The minimum absolute atomic E-state index is 0.136. The van der Waals surface area contributed by atoms with Gasteiger partial charge in [0, 0.05) is 18.8 Å². The Morgan fingerprint density at radius 2 is 2.06 bits per heavy atom. The number of anilines is 1. The monoisotopic (exact) mass is 248 g/mol. The molecule has 0 bridgehead atoms. The predicted octanol–water partition coefficient (Wildman–Crippen LogP) is 0.712. The fraction of sp³-hybridized carbons (Fsp3) is 0.385. The maximum atomic E-state index is 11.8. The molecule has 2 atom stereocenters. The molecular formula is C13H16N2O3. The van der Waals surface area contributed by atoms with Crippen LogP contribution in [0.3, 0.4) is 0 Å². The molecule has 0 spiro atoms. The first-order chi connectivity index (χ1) is 8.59. The van der Waals surface area contributed by atoms with Gasteiger partial charge in [-0.05, 0) is 19.1 Å². The van der Waals surface area contributed by atoms with Crippen LogP contribution in [0, 0.1) is 5.92 Å². The van der Waals surface area contributed by atoms with Crippen LogP contribution in [0.4, 0.5) is 5.69 Å². The molecule has 1 amide bonds. The molecule has 1 aromatic rings. The van der Waals surface area contributed by atoms with E-state index in [1.807, 2.05) is 35.2 Å². The average Bonchev–Trinajstić information content (AvgIpc) is 2.52. The van der Waals surface area contributed by atoms with E-state index >= 15 is 0 Å². The molecule has 1 fully saturated rings. The van der Waals surface area contributed by atoms with Crippen LogP contribution < -0.4 is 10.2 Å². The van der Waals surface area contributed by atoms with Crippen LogP contribution in [-0.2, 0) is 9.59 Å². The molecule has 1 saturated heterocycles. The maximum Gasteiger partial charge on any atom is 0.310 e. The van der Waals surface area contributed by atoms with E-state index in [4.69, 9.17) is 5.11 Å². The summed E-state index contributed by atoms with van der Waals surface area (Å²) in [5, 5.41) is 11.8. The van der Waals surface area contributed by atoms with Gasteiger partial charge in [0.1, 0.15) is 6.04 Å². The largest absolute Gasteiger partial charge is 0.481 e. The molecule has 2 N–H and O–H groups in total. The Balaban J connectivity index is 2.29. The molecule has 0 aromatic heterocycles. The van der Waals surface area contributed by atoms with Crippen LogP contribution in [0.1, 0.15) is 6.92 Å². The highest BCUT2D eigenvalue weighted by Crippen LogP contribution is 2.20. The Kier molecular flexibility index (Phi) is 3.50. The zero-order valence-corrected chi connectivity index (χ0v) is 10.2. The number of amides is 1. The molecular weight excluding hydrogens is 232 g/mol. The number of nitrogens with one attached hydrogen (secondary N) is 1. The van der Waals surface area contributed by atoms with Crippen molar-refractivity contribution in [3.8, 4) is 0 Å². The van der Waals surface area contributed by atoms with Gasteiger partial charge in [-0.3, -0.25) is 9.59 Å². The second-order valence-corrected chi connectivity index (χ2v) is 4.44. The minimum atomic E-state index is -0.884. The molecule has 18 heavy (non-hydrogen) atoms. The quantitative estimate of drug-likeness (QED) is 0.808. The van der Waals surface area contributed by atoms with Gasteiger partial charge in [0.05, 0.1) is 5.92 Å². The average molecular weight is 248 g/mol. The van der Waals surface area contributed by atoms with Gasteiger partial charge in [-0.2, -0.15) is 0 Å². The first-order valence-electron chi connectivity index (χ1n) is 5.92. The lowest BCUT2D eigenvalue weighted by Gasteiger charge is -2.28. The summed E-state index contributed by atoms with van der Waals surface area (Å²) < 4.78 is 0. The van der Waals surface area contributed by atoms with Crippen molar-refractivity contribution in [3.05, 3.63) is 30.3 Å². The van der Waals surface area contributed by atoms with Crippen LogP contribution in [0.15, 0.2) is 30.3 Å². The van der Waals surface area contributed by atoms with Gasteiger partial charge in [-0.25, -0.2) is 0 Å². The standard InChI is InChI=1S/C13H16N2O3/c1-9-12(16)14-7-10(13(17)18)8-15(9)11-5-3-2-4-6-11/h2-6,9-10H,7-8H2,1H3,(H,14,16)(H,17,18). The van der Waals surface area contributed by atoms with Crippen LogP contribution >= 0.6 is 0 Å². The number of para-hydroxylation sites is 1. The SMILES string of the molecule is CC1C(=O)NCC(C(=O)O)CN1c1ccccc1. The highest BCUT2D eigenvalue weighted by atomic mass is 16.4. The van der Waals surface area contributed by atoms with E-state index in [-0.39, 0.29) is 18.5 Å². The molecule has 0 aliphatic carbocycles. The van der Waals surface area contributed by atoms with Crippen molar-refractivity contribution in [2.45, 2.75) is 13.0 Å². The molecule has 1 aliphatic rings. The fourth-order valence-corrected chi connectivity index (χ4v) is 2.09. The molecule has 5 nitrogen and oxygen atoms in total. The lowest BCUT2D eigenvalue weighted by Crippen LogP contribution is -2.42. The lowest BCUT2D eigenvalue weighted by atomic mass is 10.1. The van der Waals surface area contributed by atoms with Gasteiger partial charge < -0.3 is 15.3 Å². The number of carbonyl (C=O) groups is 2. The van der Waals surface area contributed by atoms with Gasteiger partial charge in [0.2, 0.25) is 5.91 Å². The Hall–Kier alpha value is -2.04. The van der Waals surface area contributed by atoms with Gasteiger partial charge >= 0.3 is 5.97 Å². The molecule has 0 radical (unpaired) electrons. The zero-order valence-electron chi connectivity index (χ0n) is 10.2. The van der Waals surface area contributed by atoms with E-state index in [9.17, 15) is 9.59 Å². The van der Waals surface area contributed by atoms with E-state index in [1.165, 1.54) is 0 Å². The number of aliphatic carboxylic acids is 1. The third-order valence-corrected chi connectivity index (χ3v) is 3.22. The summed E-state index contributed by atoms with van der Waals surface area (Å²) in [5.74, 6) is -1.60. The number of carbonyl (C=O) groups excluding carboxylic acids is 1. The van der Waals surface area contributed by atoms with E-state index in [1.54, 1.807) is 6.92 Å². The van der Waals surface area contributed by atoms with Crippen molar-refractivity contribution in [1.29, 1.82) is 0 Å². The van der Waals surface area contributed by atoms with E-state index in [0.717, 1.165) is 5.69 Å². The van der Waals surface area contributed by atoms with Crippen LogP contribution in [0.25, 0.3) is 0 Å². The van der Waals surface area contributed by atoms with Gasteiger partial charge in [-0.15, -0.1) is 0 Å². The Morgan fingerprint density at radius 1 is 1.39 bits per heavy atom. The van der Waals surface area contributed by atoms with Gasteiger partial charge in [0.25, 0.3) is 0 Å². The molecule has 1 aliphatic heterocycles. The van der Waals surface area contributed by atoms with Crippen molar-refractivity contribution in [2.75, 3.05) is 18.0 Å². The molecule has 1 aromatic carbocycles. The van der Waals surface area contributed by atoms with Crippen molar-refractivity contribution < 1.29 is 14.7 Å². The third-order valence-electron chi connectivity index (χ3n) is 3.22. The topological polar surface area (TPSA) is 69.6 Å². The number of benzene rings is 1. The van der Waals surface area contributed by atoms with Crippen LogP contribution in [0.5, 0.6) is 0 Å². The number of rotatable bonds is 2. The molecule has 2 rings (SSSR count). The Labute approximate surface area is 105 Å². The normalized spacial score (nSPS) is 24.3. The molecule has 2 unspecified atom stereocenters. The summed E-state index contributed by atoms with van der Waals surface area (Å²) in [4.78, 5) is 24.8. The highest BCUT2D eigenvalue weighted by molar-refractivity contribution is 5.86. The highest BCUT2D eigenvalue weighted by Gasteiger charge is 2.31. The Morgan fingerprint density at radius 3 is 2.67 bits per heavy atom. The fourth-order valence-electron chi connectivity index (χ4n) is 2.09. The molecule has 96 valence electrons. The summed E-state index contributed by atoms with van der Waals surface area (Å²) in [6, 6.07) is 9.04.